The summed E-state index contributed by atoms with van der Waals surface area (Å²) in [6, 6.07) is 7.14. The number of hydrogen-bond acceptors (Lipinski definition) is 2. The molecule has 84 valence electrons. The van der Waals surface area contributed by atoms with Crippen LogP contribution in [0.5, 0.6) is 0 Å². The second kappa shape index (κ2) is 6.08. The standard InChI is InChI=1S/C12H12ClNO2/c1-14(16)9-8-12(15)7-4-10-2-5-11(13)6-3-10/h2-7,9H,8H2,1H3/b7-4+,14-9-. The monoisotopic (exact) mass is 237 g/mol. The molecular formula is C12H12ClNO2. The first-order valence-corrected chi connectivity index (χ1v) is 5.15. The molecule has 0 unspecified atom stereocenters. The predicted molar refractivity (Wildman–Crippen MR) is 65.7 cm³/mol. The number of rotatable bonds is 4. The van der Waals surface area contributed by atoms with Crippen molar-refractivity contribution in [3.05, 3.63) is 46.1 Å². The summed E-state index contributed by atoms with van der Waals surface area (Å²) in [7, 11) is 1.34. The van der Waals surface area contributed by atoms with E-state index in [1.165, 1.54) is 19.3 Å². The number of benzene rings is 1. The number of allylic oxidation sites excluding steroid dienone is 1. The second-order valence-electron chi connectivity index (χ2n) is 3.28. The molecule has 0 bridgehead atoms. The van der Waals surface area contributed by atoms with E-state index in [0.717, 1.165) is 5.56 Å². The molecule has 0 aliphatic heterocycles. The Bertz CT molecular complexity index is 417. The molecule has 3 nitrogen and oxygen atoms in total. The molecule has 0 heterocycles. The second-order valence-corrected chi connectivity index (χ2v) is 3.72. The van der Waals surface area contributed by atoms with Gasteiger partial charge in [0, 0.05) is 5.02 Å². The average Bonchev–Trinajstić information content (AvgIpc) is 2.25. The lowest BCUT2D eigenvalue weighted by Crippen LogP contribution is -2.01. The van der Waals surface area contributed by atoms with Crippen LogP contribution in [0.3, 0.4) is 0 Å². The number of hydrogen-bond donors (Lipinski definition) is 0. The first-order valence-electron chi connectivity index (χ1n) is 4.77. The van der Waals surface area contributed by atoms with E-state index >= 15 is 0 Å². The summed E-state index contributed by atoms with van der Waals surface area (Å²) in [6.07, 6.45) is 4.54. The SMILES string of the molecule is C/[N+]([O-])=C/CC(=O)/C=C/c1ccc(Cl)cc1. The van der Waals surface area contributed by atoms with Gasteiger partial charge >= 0.3 is 0 Å². The first kappa shape index (κ1) is 12.5. The number of ketones is 1. The molecule has 0 saturated carbocycles. The zero-order valence-electron chi connectivity index (χ0n) is 8.89. The fourth-order valence-corrected chi connectivity index (χ4v) is 1.18. The third-order valence-corrected chi connectivity index (χ3v) is 2.13. The van der Waals surface area contributed by atoms with Gasteiger partial charge in [-0.25, -0.2) is 4.74 Å². The summed E-state index contributed by atoms with van der Waals surface area (Å²) in [5.74, 6) is -0.113. The van der Waals surface area contributed by atoms with Gasteiger partial charge in [-0.05, 0) is 23.8 Å². The van der Waals surface area contributed by atoms with Crippen molar-refractivity contribution in [1.82, 2.24) is 0 Å². The number of halogens is 1. The largest absolute Gasteiger partial charge is 0.624 e. The van der Waals surface area contributed by atoms with Gasteiger partial charge in [0.05, 0.1) is 6.42 Å². The van der Waals surface area contributed by atoms with Crippen molar-refractivity contribution >= 4 is 29.7 Å². The molecule has 1 rings (SSSR count). The van der Waals surface area contributed by atoms with E-state index in [0.29, 0.717) is 9.76 Å². The zero-order chi connectivity index (χ0) is 12.0. The van der Waals surface area contributed by atoms with E-state index in [-0.39, 0.29) is 12.2 Å². The summed E-state index contributed by atoms with van der Waals surface area (Å²) in [5, 5.41) is 11.2. The fourth-order valence-electron chi connectivity index (χ4n) is 1.05. The number of carbonyl (C=O) groups excluding carboxylic acids is 1. The van der Waals surface area contributed by atoms with Crippen LogP contribution in [0.25, 0.3) is 6.08 Å². The van der Waals surface area contributed by atoms with Gasteiger partial charge in [0.15, 0.2) is 12.0 Å². The highest BCUT2D eigenvalue weighted by Crippen LogP contribution is 2.10. The summed E-state index contributed by atoms with van der Waals surface area (Å²) < 4.78 is 0.619. The third kappa shape index (κ3) is 4.75. The minimum atomic E-state index is -0.113. The van der Waals surface area contributed by atoms with Gasteiger partial charge in [-0.2, -0.15) is 0 Å². The van der Waals surface area contributed by atoms with Crippen molar-refractivity contribution in [2.24, 2.45) is 0 Å². The van der Waals surface area contributed by atoms with E-state index in [4.69, 9.17) is 11.6 Å². The van der Waals surface area contributed by atoms with Crippen LogP contribution in [0, 0.1) is 5.21 Å². The molecule has 4 heteroatoms. The van der Waals surface area contributed by atoms with Crippen molar-refractivity contribution < 1.29 is 9.53 Å². The van der Waals surface area contributed by atoms with Crippen LogP contribution in [-0.2, 0) is 4.79 Å². The van der Waals surface area contributed by atoms with Crippen LogP contribution in [0.4, 0.5) is 0 Å². The lowest BCUT2D eigenvalue weighted by Gasteiger charge is -1.94. The number of nitrogens with zero attached hydrogens (tertiary/aromatic N) is 1. The Kier molecular flexibility index (Phi) is 4.73. The van der Waals surface area contributed by atoms with E-state index in [1.807, 2.05) is 12.1 Å². The van der Waals surface area contributed by atoms with Crippen molar-refractivity contribution in [2.45, 2.75) is 6.42 Å². The molecule has 0 N–H and O–H groups in total. The fraction of sp³-hybridized carbons (Fsp3) is 0.167. The molecule has 1 aromatic carbocycles. The topological polar surface area (TPSA) is 43.1 Å². The lowest BCUT2D eigenvalue weighted by atomic mass is 10.2. The van der Waals surface area contributed by atoms with Crippen molar-refractivity contribution in [3.63, 3.8) is 0 Å². The average molecular weight is 238 g/mol. The van der Waals surface area contributed by atoms with E-state index < -0.39 is 0 Å². The molecule has 0 aromatic heterocycles. The minimum absolute atomic E-state index is 0.113. The molecule has 16 heavy (non-hydrogen) atoms. The van der Waals surface area contributed by atoms with Crippen molar-refractivity contribution in [3.8, 4) is 0 Å². The lowest BCUT2D eigenvalue weighted by molar-refractivity contribution is -0.418. The molecule has 0 aliphatic carbocycles. The van der Waals surface area contributed by atoms with Crippen LogP contribution in [-0.4, -0.2) is 23.8 Å². The summed E-state index contributed by atoms with van der Waals surface area (Å²) in [5.41, 5.74) is 0.897. The third-order valence-electron chi connectivity index (χ3n) is 1.88. The Morgan fingerprint density at radius 1 is 1.44 bits per heavy atom. The van der Waals surface area contributed by atoms with Crippen molar-refractivity contribution in [2.75, 3.05) is 7.05 Å². The highest BCUT2D eigenvalue weighted by molar-refractivity contribution is 6.30. The number of hydroxylamine groups is 1. The summed E-state index contributed by atoms with van der Waals surface area (Å²) in [4.78, 5) is 11.3. The molecule has 1 aromatic rings. The van der Waals surface area contributed by atoms with E-state index in [2.05, 4.69) is 0 Å². The normalized spacial score (nSPS) is 12.0. The number of carbonyl (C=O) groups is 1. The highest BCUT2D eigenvalue weighted by Gasteiger charge is 1.96. The van der Waals surface area contributed by atoms with Crippen LogP contribution in [0.15, 0.2) is 30.3 Å². The Morgan fingerprint density at radius 2 is 2.06 bits per heavy atom. The molecular weight excluding hydrogens is 226 g/mol. The van der Waals surface area contributed by atoms with Gasteiger partial charge < -0.3 is 5.21 Å². The minimum Gasteiger partial charge on any atom is -0.624 e. The predicted octanol–water partition coefficient (Wildman–Crippen LogP) is 2.52. The van der Waals surface area contributed by atoms with Crippen LogP contribution >= 0.6 is 11.6 Å². The highest BCUT2D eigenvalue weighted by atomic mass is 35.5. The Morgan fingerprint density at radius 3 is 2.62 bits per heavy atom. The van der Waals surface area contributed by atoms with E-state index in [1.54, 1.807) is 18.2 Å². The maximum Gasteiger partial charge on any atom is 0.165 e. The van der Waals surface area contributed by atoms with E-state index in [9.17, 15) is 10.0 Å². The molecule has 0 spiro atoms. The van der Waals surface area contributed by atoms with Crippen LogP contribution in [0.2, 0.25) is 5.02 Å². The smallest absolute Gasteiger partial charge is 0.165 e. The van der Waals surface area contributed by atoms with Crippen LogP contribution in [0.1, 0.15) is 12.0 Å². The van der Waals surface area contributed by atoms with Gasteiger partial charge in [-0.1, -0.05) is 29.8 Å². The Labute approximate surface area is 99.2 Å². The van der Waals surface area contributed by atoms with Gasteiger partial charge in [-0.15, -0.1) is 0 Å². The molecule has 0 radical (unpaired) electrons. The Balaban J connectivity index is 2.57. The maximum atomic E-state index is 11.3. The molecule has 0 aliphatic rings. The quantitative estimate of drug-likeness (QED) is 0.266. The molecule has 0 atom stereocenters. The van der Waals surface area contributed by atoms with Gasteiger partial charge in [0.1, 0.15) is 7.05 Å². The van der Waals surface area contributed by atoms with Gasteiger partial charge in [0.25, 0.3) is 0 Å². The van der Waals surface area contributed by atoms with Gasteiger partial charge in [0.2, 0.25) is 0 Å². The molecule has 0 fully saturated rings. The zero-order valence-corrected chi connectivity index (χ0v) is 9.65. The Hall–Kier alpha value is -1.61. The van der Waals surface area contributed by atoms with Gasteiger partial charge in [-0.3, -0.25) is 4.79 Å². The summed E-state index contributed by atoms with van der Waals surface area (Å²) in [6.45, 7) is 0. The molecule has 0 amide bonds. The molecule has 0 saturated heterocycles. The summed E-state index contributed by atoms with van der Waals surface area (Å²) >= 11 is 5.72. The first-order chi connectivity index (χ1) is 7.58. The van der Waals surface area contributed by atoms with Crippen molar-refractivity contribution in [1.29, 1.82) is 0 Å². The van der Waals surface area contributed by atoms with Crippen LogP contribution < -0.4 is 0 Å². The maximum absolute atomic E-state index is 11.3.